The Morgan fingerprint density at radius 3 is 1.41 bits per heavy atom. The summed E-state index contributed by atoms with van der Waals surface area (Å²) in [5.74, 6) is 1.89. The van der Waals surface area contributed by atoms with Crippen LogP contribution in [0.25, 0.3) is 95.6 Å². The smallest absolute Gasteiger partial charge is 0.309 e. The van der Waals surface area contributed by atoms with Crippen LogP contribution in [-0.4, -0.2) is 29.5 Å². The average Bonchev–Trinajstić information content (AvgIpc) is 3.63. The van der Waals surface area contributed by atoms with Gasteiger partial charge in [0.2, 0.25) is 0 Å². The molecule has 0 saturated carbocycles. The first-order valence-electron chi connectivity index (χ1n) is 19.0. The molecule has 10 rings (SSSR count). The molecule has 9 heteroatoms. The first kappa shape index (κ1) is 35.6. The minimum Gasteiger partial charge on any atom is -0.309 e. The Balaban J connectivity index is 1.27. The highest BCUT2D eigenvalue weighted by atomic mass is 19.4. The van der Waals surface area contributed by atoms with Crippen LogP contribution in [-0.2, 0) is 6.18 Å². The van der Waals surface area contributed by atoms with Crippen LogP contribution in [0.15, 0.2) is 188 Å². The molecule has 59 heavy (non-hydrogen) atoms. The molecule has 0 aliphatic heterocycles. The van der Waals surface area contributed by atoms with Gasteiger partial charge in [-0.3, -0.25) is 0 Å². The van der Waals surface area contributed by atoms with Crippen molar-refractivity contribution in [3.63, 3.8) is 0 Å². The van der Waals surface area contributed by atoms with Crippen LogP contribution < -0.4 is 0 Å². The van der Waals surface area contributed by atoms with E-state index in [-0.39, 0.29) is 0 Å². The molecule has 0 unspecified atom stereocenters. The van der Waals surface area contributed by atoms with Gasteiger partial charge in [0.1, 0.15) is 0 Å². The van der Waals surface area contributed by atoms with E-state index in [9.17, 15) is 13.2 Å². The molecule has 0 spiro atoms. The Morgan fingerprint density at radius 2 is 0.831 bits per heavy atom. The van der Waals surface area contributed by atoms with Crippen molar-refractivity contribution in [1.29, 1.82) is 0 Å². The maximum atomic E-state index is 14.1. The van der Waals surface area contributed by atoms with E-state index in [0.29, 0.717) is 56.5 Å². The van der Waals surface area contributed by atoms with Gasteiger partial charge in [-0.2, -0.15) is 13.2 Å². The summed E-state index contributed by atoms with van der Waals surface area (Å²) in [4.78, 5) is 25.3. The highest BCUT2D eigenvalue weighted by Gasteiger charge is 2.31. The van der Waals surface area contributed by atoms with Gasteiger partial charge in [0, 0.05) is 44.2 Å². The number of para-hydroxylation sites is 1. The van der Waals surface area contributed by atoms with Gasteiger partial charge in [0.25, 0.3) is 0 Å². The zero-order chi connectivity index (χ0) is 39.9. The molecule has 3 aromatic heterocycles. The lowest BCUT2D eigenvalue weighted by Gasteiger charge is -2.17. The van der Waals surface area contributed by atoms with Crippen LogP contribution in [0.3, 0.4) is 0 Å². The molecular weight excluding hydrogens is 742 g/mol. The monoisotopic (exact) mass is 772 g/mol. The van der Waals surface area contributed by atoms with Gasteiger partial charge in [-0.25, -0.2) is 24.9 Å². The van der Waals surface area contributed by atoms with E-state index in [4.69, 9.17) is 24.9 Å². The molecule has 0 bridgehead atoms. The van der Waals surface area contributed by atoms with E-state index in [1.54, 1.807) is 0 Å². The molecule has 3 heterocycles. The lowest BCUT2D eigenvalue weighted by atomic mass is 10.0. The van der Waals surface area contributed by atoms with Gasteiger partial charge in [0.05, 0.1) is 33.7 Å². The third kappa shape index (κ3) is 6.78. The van der Waals surface area contributed by atoms with E-state index in [2.05, 4.69) is 0 Å². The second-order valence-corrected chi connectivity index (χ2v) is 14.0. The fraction of sp³-hybridized carbons (Fsp3) is 0.0200. The predicted octanol–water partition coefficient (Wildman–Crippen LogP) is 12.8. The van der Waals surface area contributed by atoms with E-state index < -0.39 is 11.7 Å². The number of aromatic nitrogens is 6. The molecule has 0 aliphatic carbocycles. The lowest BCUT2D eigenvalue weighted by Crippen LogP contribution is -2.05. The standard InChI is InChI=1S/C50H31F3N6/c51-50(52,53)37-26-28-44-39(30-37)38-23-13-14-24-43(38)59(44)45-27-25-36(42-31-41(32-15-5-1-6-16-32)54-46(55-42)33-17-7-2-8-18-33)29-40(45)49-57-47(34-19-9-3-10-20-34)56-48(58-49)35-21-11-4-12-22-35/h1-31H. The van der Waals surface area contributed by atoms with Gasteiger partial charge in [-0.15, -0.1) is 0 Å². The summed E-state index contributed by atoms with van der Waals surface area (Å²) in [5.41, 5.74) is 7.52. The second-order valence-electron chi connectivity index (χ2n) is 14.0. The number of halogens is 3. The summed E-state index contributed by atoms with van der Waals surface area (Å²) in [7, 11) is 0. The Kier molecular flexibility index (Phi) is 8.83. The number of hydrogen-bond acceptors (Lipinski definition) is 5. The number of nitrogens with zero attached hydrogens (tertiary/aromatic N) is 6. The molecule has 7 aromatic carbocycles. The number of alkyl halides is 3. The Labute approximate surface area is 337 Å². The van der Waals surface area contributed by atoms with Gasteiger partial charge >= 0.3 is 6.18 Å². The molecule has 0 N–H and O–H groups in total. The van der Waals surface area contributed by atoms with Crippen molar-refractivity contribution < 1.29 is 13.2 Å². The van der Waals surface area contributed by atoms with Crippen molar-refractivity contribution >= 4 is 21.8 Å². The molecule has 0 fully saturated rings. The van der Waals surface area contributed by atoms with Crippen molar-refractivity contribution in [3.05, 3.63) is 194 Å². The third-order valence-electron chi connectivity index (χ3n) is 10.3. The number of hydrogen-bond donors (Lipinski definition) is 0. The van der Waals surface area contributed by atoms with E-state index >= 15 is 0 Å². The van der Waals surface area contributed by atoms with Gasteiger partial charge in [-0.05, 0) is 42.5 Å². The zero-order valence-electron chi connectivity index (χ0n) is 31.2. The normalized spacial score (nSPS) is 11.6. The molecule has 10 aromatic rings. The van der Waals surface area contributed by atoms with Crippen LogP contribution >= 0.6 is 0 Å². The van der Waals surface area contributed by atoms with E-state index in [1.807, 2.05) is 174 Å². The molecular formula is C50H31F3N6. The molecule has 282 valence electrons. The van der Waals surface area contributed by atoms with Crippen molar-refractivity contribution in [3.8, 4) is 73.8 Å². The van der Waals surface area contributed by atoms with Gasteiger partial charge in [0.15, 0.2) is 23.3 Å². The molecule has 0 amide bonds. The van der Waals surface area contributed by atoms with E-state index in [1.165, 1.54) is 12.1 Å². The van der Waals surface area contributed by atoms with Crippen LogP contribution in [0.1, 0.15) is 5.56 Å². The fourth-order valence-electron chi connectivity index (χ4n) is 7.48. The third-order valence-corrected chi connectivity index (χ3v) is 10.3. The summed E-state index contributed by atoms with van der Waals surface area (Å²) in [6, 6.07) is 58.5. The first-order chi connectivity index (χ1) is 28.9. The first-order valence-corrected chi connectivity index (χ1v) is 19.0. The highest BCUT2D eigenvalue weighted by Crippen LogP contribution is 2.41. The summed E-state index contributed by atoms with van der Waals surface area (Å²) in [5, 5.41) is 1.16. The second kappa shape index (κ2) is 14.6. The predicted molar refractivity (Wildman–Crippen MR) is 227 cm³/mol. The maximum Gasteiger partial charge on any atom is 0.416 e. The summed E-state index contributed by atoms with van der Waals surface area (Å²) in [6.07, 6.45) is -4.51. The minimum absolute atomic E-state index is 0.382. The molecule has 0 atom stereocenters. The quantitative estimate of drug-likeness (QED) is 0.161. The van der Waals surface area contributed by atoms with Crippen molar-refractivity contribution in [2.24, 2.45) is 0 Å². The molecule has 0 saturated heterocycles. The van der Waals surface area contributed by atoms with Crippen molar-refractivity contribution in [2.45, 2.75) is 6.18 Å². The lowest BCUT2D eigenvalue weighted by molar-refractivity contribution is -0.137. The summed E-state index contributed by atoms with van der Waals surface area (Å²) in [6.45, 7) is 0. The summed E-state index contributed by atoms with van der Waals surface area (Å²) >= 11 is 0. The van der Waals surface area contributed by atoms with Crippen LogP contribution in [0.4, 0.5) is 13.2 Å². The van der Waals surface area contributed by atoms with Crippen LogP contribution in [0.5, 0.6) is 0 Å². The van der Waals surface area contributed by atoms with Crippen molar-refractivity contribution in [2.75, 3.05) is 0 Å². The number of benzene rings is 7. The average molecular weight is 773 g/mol. The summed E-state index contributed by atoms with van der Waals surface area (Å²) < 4.78 is 44.4. The van der Waals surface area contributed by atoms with Crippen LogP contribution in [0.2, 0.25) is 0 Å². The Hall–Kier alpha value is -7.78. The topological polar surface area (TPSA) is 69.4 Å². The number of fused-ring (bicyclic) bond motifs is 3. The minimum atomic E-state index is -4.51. The SMILES string of the molecule is FC(F)(F)c1ccc2c(c1)c1ccccc1n2-c1ccc(-c2cc(-c3ccccc3)nc(-c3ccccc3)n2)cc1-c1nc(-c2ccccc2)nc(-c2ccccc2)n1. The largest absolute Gasteiger partial charge is 0.416 e. The molecule has 6 nitrogen and oxygen atoms in total. The highest BCUT2D eigenvalue weighted by molar-refractivity contribution is 6.10. The van der Waals surface area contributed by atoms with E-state index in [0.717, 1.165) is 45.1 Å². The van der Waals surface area contributed by atoms with Crippen LogP contribution in [0, 0.1) is 0 Å². The molecule has 0 radical (unpaired) electrons. The molecule has 0 aliphatic rings. The van der Waals surface area contributed by atoms with Gasteiger partial charge < -0.3 is 4.57 Å². The fourth-order valence-corrected chi connectivity index (χ4v) is 7.48. The van der Waals surface area contributed by atoms with Crippen molar-refractivity contribution in [1.82, 2.24) is 29.5 Å². The van der Waals surface area contributed by atoms with Gasteiger partial charge in [-0.1, -0.05) is 146 Å². The maximum absolute atomic E-state index is 14.1. The Morgan fingerprint density at radius 1 is 0.356 bits per heavy atom. The Bertz CT molecular complexity index is 3020. The number of rotatable bonds is 7. The zero-order valence-corrected chi connectivity index (χ0v) is 31.2.